The maximum Gasteiger partial charge on any atom is 0.504 e. The summed E-state index contributed by atoms with van der Waals surface area (Å²) in [6, 6.07) is 1.30. The molecule has 0 bridgehead atoms. The van der Waals surface area contributed by atoms with Gasteiger partial charge in [0.2, 0.25) is 0 Å². The van der Waals surface area contributed by atoms with E-state index < -0.39 is 6.30 Å². The third-order valence-electron chi connectivity index (χ3n) is 1.29. The van der Waals surface area contributed by atoms with Crippen LogP contribution in [-0.4, -0.2) is 23.9 Å². The Kier molecular flexibility index (Phi) is 1.99. The Bertz CT molecular complexity index is 263. The van der Waals surface area contributed by atoms with E-state index in [1.165, 1.54) is 11.0 Å². The second-order valence-corrected chi connectivity index (χ2v) is 2.48. The third-order valence-corrected chi connectivity index (χ3v) is 1.29. The van der Waals surface area contributed by atoms with Gasteiger partial charge in [-0.3, -0.25) is 0 Å². The van der Waals surface area contributed by atoms with Gasteiger partial charge in [0.15, 0.2) is 0 Å². The molecule has 3 nitrogen and oxygen atoms in total. The molecule has 0 aliphatic carbocycles. The number of hydrogen-bond donors (Lipinski definition) is 0. The average molecular weight is 179 g/mol. The van der Waals surface area contributed by atoms with Gasteiger partial charge in [0, 0.05) is 26.4 Å². The SMILES string of the molecule is CN(C)c1ccn(C(F)(F)F)n1. The molecular weight excluding hydrogens is 171 g/mol. The molecule has 0 spiro atoms. The van der Waals surface area contributed by atoms with Crippen LogP contribution < -0.4 is 4.90 Å². The van der Waals surface area contributed by atoms with Crippen LogP contribution in [0.2, 0.25) is 0 Å². The monoisotopic (exact) mass is 179 g/mol. The molecule has 68 valence electrons. The van der Waals surface area contributed by atoms with E-state index in [0.717, 1.165) is 6.20 Å². The molecule has 1 rings (SSSR count). The molecule has 0 fully saturated rings. The highest BCUT2D eigenvalue weighted by Gasteiger charge is 2.31. The largest absolute Gasteiger partial charge is 0.504 e. The Morgan fingerprint density at radius 2 is 2.00 bits per heavy atom. The topological polar surface area (TPSA) is 21.1 Å². The first-order chi connectivity index (χ1) is 5.41. The summed E-state index contributed by atoms with van der Waals surface area (Å²) < 4.78 is 35.8. The Morgan fingerprint density at radius 3 is 2.25 bits per heavy atom. The molecule has 1 aromatic rings. The van der Waals surface area contributed by atoms with Gasteiger partial charge in [-0.1, -0.05) is 0 Å². The smallest absolute Gasteiger partial charge is 0.361 e. The van der Waals surface area contributed by atoms with E-state index in [1.807, 2.05) is 0 Å². The molecule has 0 aliphatic heterocycles. The van der Waals surface area contributed by atoms with Crippen molar-refractivity contribution in [3.05, 3.63) is 12.3 Å². The van der Waals surface area contributed by atoms with Crippen molar-refractivity contribution in [3.8, 4) is 0 Å². The normalized spacial score (nSPS) is 11.8. The van der Waals surface area contributed by atoms with Gasteiger partial charge in [-0.05, 0) is 0 Å². The first-order valence-electron chi connectivity index (χ1n) is 3.21. The van der Waals surface area contributed by atoms with Gasteiger partial charge >= 0.3 is 6.30 Å². The Balaban J connectivity index is 2.92. The van der Waals surface area contributed by atoms with Crippen molar-refractivity contribution in [2.24, 2.45) is 0 Å². The minimum absolute atomic E-state index is 0.0255. The molecular formula is C6H8F3N3. The Morgan fingerprint density at radius 1 is 1.42 bits per heavy atom. The van der Waals surface area contributed by atoms with E-state index in [1.54, 1.807) is 14.1 Å². The van der Waals surface area contributed by atoms with Gasteiger partial charge < -0.3 is 4.90 Å². The van der Waals surface area contributed by atoms with Crippen molar-refractivity contribution in [1.29, 1.82) is 0 Å². The molecule has 0 amide bonds. The van der Waals surface area contributed by atoms with Crippen molar-refractivity contribution in [2.75, 3.05) is 19.0 Å². The van der Waals surface area contributed by atoms with Crippen molar-refractivity contribution < 1.29 is 13.2 Å². The van der Waals surface area contributed by atoms with Crippen LogP contribution in [0.25, 0.3) is 0 Å². The molecule has 12 heavy (non-hydrogen) atoms. The fourth-order valence-corrected chi connectivity index (χ4v) is 0.694. The molecule has 0 radical (unpaired) electrons. The summed E-state index contributed by atoms with van der Waals surface area (Å²) in [4.78, 5) is 1.50. The standard InChI is InChI=1S/C6H8F3N3/c1-11(2)5-3-4-12(10-5)6(7,8)9/h3-4H,1-2H3. The zero-order chi connectivity index (χ0) is 9.35. The summed E-state index contributed by atoms with van der Waals surface area (Å²) in [6.07, 6.45) is -3.54. The van der Waals surface area contributed by atoms with Gasteiger partial charge in [-0.2, -0.15) is 4.68 Å². The van der Waals surface area contributed by atoms with Gasteiger partial charge in [-0.15, -0.1) is 18.3 Å². The Labute approximate surface area is 67.4 Å². The third kappa shape index (κ3) is 1.69. The lowest BCUT2D eigenvalue weighted by Gasteiger charge is -2.08. The van der Waals surface area contributed by atoms with Gasteiger partial charge in [0.25, 0.3) is 0 Å². The summed E-state index contributed by atoms with van der Waals surface area (Å²) in [5.74, 6) is 0.285. The molecule has 0 unspecified atom stereocenters. The lowest BCUT2D eigenvalue weighted by Crippen LogP contribution is -2.18. The molecule has 0 N–H and O–H groups in total. The molecule has 0 saturated carbocycles. The highest BCUT2D eigenvalue weighted by molar-refractivity contribution is 5.34. The fourth-order valence-electron chi connectivity index (χ4n) is 0.694. The van der Waals surface area contributed by atoms with Crippen LogP contribution in [0.5, 0.6) is 0 Å². The molecule has 1 aromatic heterocycles. The van der Waals surface area contributed by atoms with Crippen molar-refractivity contribution in [2.45, 2.75) is 6.30 Å². The average Bonchev–Trinajstić information content (AvgIpc) is 2.30. The van der Waals surface area contributed by atoms with E-state index >= 15 is 0 Å². The minimum atomic E-state index is -4.42. The van der Waals surface area contributed by atoms with Gasteiger partial charge in [0.05, 0.1) is 0 Å². The van der Waals surface area contributed by atoms with E-state index in [-0.39, 0.29) is 10.5 Å². The number of aromatic nitrogens is 2. The van der Waals surface area contributed by atoms with Crippen LogP contribution in [0.15, 0.2) is 12.3 Å². The van der Waals surface area contributed by atoms with Crippen LogP contribution in [0.3, 0.4) is 0 Å². The number of rotatable bonds is 1. The van der Waals surface area contributed by atoms with Crippen LogP contribution in [0.1, 0.15) is 0 Å². The van der Waals surface area contributed by atoms with Crippen LogP contribution in [0.4, 0.5) is 19.0 Å². The van der Waals surface area contributed by atoms with Crippen LogP contribution in [-0.2, 0) is 6.30 Å². The van der Waals surface area contributed by atoms with Crippen LogP contribution in [0, 0.1) is 0 Å². The lowest BCUT2D eigenvalue weighted by atomic mass is 10.6. The van der Waals surface area contributed by atoms with Crippen LogP contribution >= 0.6 is 0 Å². The number of anilines is 1. The second-order valence-electron chi connectivity index (χ2n) is 2.48. The number of halogens is 3. The summed E-state index contributed by atoms with van der Waals surface area (Å²) in [5, 5.41) is 3.30. The molecule has 0 atom stereocenters. The van der Waals surface area contributed by atoms with Crippen molar-refractivity contribution in [1.82, 2.24) is 9.78 Å². The molecule has 1 heterocycles. The molecule has 0 saturated heterocycles. The zero-order valence-corrected chi connectivity index (χ0v) is 6.63. The summed E-state index contributed by atoms with van der Waals surface area (Å²) in [5.41, 5.74) is 0. The Hall–Kier alpha value is -1.20. The second kappa shape index (κ2) is 2.69. The summed E-state index contributed by atoms with van der Waals surface area (Å²) >= 11 is 0. The minimum Gasteiger partial charge on any atom is -0.361 e. The fraction of sp³-hybridized carbons (Fsp3) is 0.500. The van der Waals surface area contributed by atoms with E-state index in [9.17, 15) is 13.2 Å². The van der Waals surface area contributed by atoms with Gasteiger partial charge in [0.1, 0.15) is 5.82 Å². The molecule has 0 aliphatic rings. The lowest BCUT2D eigenvalue weighted by molar-refractivity contribution is -0.212. The van der Waals surface area contributed by atoms with E-state index in [4.69, 9.17) is 0 Å². The predicted molar refractivity (Wildman–Crippen MR) is 37.9 cm³/mol. The first-order valence-corrected chi connectivity index (χ1v) is 3.21. The summed E-state index contributed by atoms with van der Waals surface area (Å²) in [6.45, 7) is 0. The van der Waals surface area contributed by atoms with E-state index in [0.29, 0.717) is 0 Å². The first kappa shape index (κ1) is 8.89. The van der Waals surface area contributed by atoms with Gasteiger partial charge in [-0.25, -0.2) is 0 Å². The number of hydrogen-bond acceptors (Lipinski definition) is 2. The van der Waals surface area contributed by atoms with Crippen molar-refractivity contribution >= 4 is 5.82 Å². The van der Waals surface area contributed by atoms with E-state index in [2.05, 4.69) is 5.10 Å². The number of nitrogens with zero attached hydrogens (tertiary/aromatic N) is 3. The highest BCUT2D eigenvalue weighted by atomic mass is 19.4. The van der Waals surface area contributed by atoms with Crippen molar-refractivity contribution in [3.63, 3.8) is 0 Å². The quantitative estimate of drug-likeness (QED) is 0.650. The highest BCUT2D eigenvalue weighted by Crippen LogP contribution is 2.22. The summed E-state index contributed by atoms with van der Waals surface area (Å²) in [7, 11) is 3.26. The maximum atomic E-state index is 11.9. The predicted octanol–water partition coefficient (Wildman–Crippen LogP) is 1.43. The number of alkyl halides is 3. The molecule has 0 aromatic carbocycles. The zero-order valence-electron chi connectivity index (χ0n) is 6.63. The maximum absolute atomic E-state index is 11.9. The molecule has 6 heteroatoms.